The second-order valence-electron chi connectivity index (χ2n) is 8.24. The molecule has 0 radical (unpaired) electrons. The van der Waals surface area contributed by atoms with Crippen molar-refractivity contribution >= 4 is 40.7 Å². The van der Waals surface area contributed by atoms with E-state index in [0.717, 1.165) is 0 Å². The number of amides is 1. The van der Waals surface area contributed by atoms with Gasteiger partial charge in [-0.3, -0.25) is 9.59 Å². The molecule has 1 atom stereocenters. The fourth-order valence-corrected chi connectivity index (χ4v) is 4.40. The number of halogens is 2. The molecule has 176 valence electrons. The molecule has 33 heavy (non-hydrogen) atoms. The van der Waals surface area contributed by atoms with Crippen LogP contribution in [-0.2, 0) is 9.59 Å². The van der Waals surface area contributed by atoms with Crippen molar-refractivity contribution in [1.82, 2.24) is 4.90 Å². The van der Waals surface area contributed by atoms with Gasteiger partial charge in [-0.05, 0) is 42.2 Å². The van der Waals surface area contributed by atoms with Gasteiger partial charge in [0.1, 0.15) is 11.5 Å². The van der Waals surface area contributed by atoms with Crippen molar-refractivity contribution < 1.29 is 24.2 Å². The Morgan fingerprint density at radius 2 is 1.73 bits per heavy atom. The molecule has 0 bridgehead atoms. The van der Waals surface area contributed by atoms with E-state index in [1.165, 1.54) is 24.1 Å². The molecule has 1 saturated heterocycles. The van der Waals surface area contributed by atoms with Crippen LogP contribution >= 0.6 is 23.2 Å². The van der Waals surface area contributed by atoms with Crippen LogP contribution in [0.3, 0.4) is 0 Å². The van der Waals surface area contributed by atoms with E-state index in [-0.39, 0.29) is 32.7 Å². The molecule has 8 heteroatoms. The lowest BCUT2D eigenvalue weighted by Gasteiger charge is -2.25. The Labute approximate surface area is 203 Å². The smallest absolute Gasteiger partial charge is 0.295 e. The third-order valence-electron chi connectivity index (χ3n) is 5.26. The normalized spacial score (nSPS) is 17.7. The summed E-state index contributed by atoms with van der Waals surface area (Å²) in [5.74, 6) is -0.431. The van der Waals surface area contributed by atoms with E-state index >= 15 is 0 Å². The van der Waals surface area contributed by atoms with Gasteiger partial charge < -0.3 is 19.5 Å². The zero-order valence-electron chi connectivity index (χ0n) is 19.0. The molecule has 3 rings (SSSR count). The summed E-state index contributed by atoms with van der Waals surface area (Å²) in [6.45, 7) is 6.98. The molecule has 1 unspecified atom stereocenters. The van der Waals surface area contributed by atoms with Gasteiger partial charge in [-0.1, -0.05) is 56.1 Å². The minimum absolute atomic E-state index is 0.0124. The average Bonchev–Trinajstić information content (AvgIpc) is 3.02. The second kappa shape index (κ2) is 10.5. The Balaban J connectivity index is 2.10. The van der Waals surface area contributed by atoms with Crippen molar-refractivity contribution in [2.75, 3.05) is 20.3 Å². The maximum Gasteiger partial charge on any atom is 0.295 e. The highest BCUT2D eigenvalue weighted by Crippen LogP contribution is 2.42. The molecule has 1 aliphatic rings. The van der Waals surface area contributed by atoms with Crippen LogP contribution in [0.2, 0.25) is 10.0 Å². The third-order valence-corrected chi connectivity index (χ3v) is 5.82. The fraction of sp³-hybridized carbons (Fsp3) is 0.360. The average molecular weight is 492 g/mol. The number of benzene rings is 2. The van der Waals surface area contributed by atoms with Gasteiger partial charge >= 0.3 is 0 Å². The predicted molar refractivity (Wildman–Crippen MR) is 129 cm³/mol. The van der Waals surface area contributed by atoms with Crippen molar-refractivity contribution in [3.8, 4) is 11.5 Å². The van der Waals surface area contributed by atoms with Crippen LogP contribution in [0.15, 0.2) is 42.0 Å². The maximum atomic E-state index is 13.0. The van der Waals surface area contributed by atoms with Gasteiger partial charge in [0.05, 0.1) is 35.4 Å². The van der Waals surface area contributed by atoms with Crippen LogP contribution in [0.4, 0.5) is 0 Å². The first kappa shape index (κ1) is 24.9. The molecule has 1 N–H and O–H groups in total. The number of aliphatic hydroxyl groups is 1. The summed E-state index contributed by atoms with van der Waals surface area (Å²) in [7, 11) is 1.43. The number of likely N-dealkylation sites (tertiary alicyclic amines) is 1. The predicted octanol–water partition coefficient (Wildman–Crippen LogP) is 5.87. The number of rotatable bonds is 8. The van der Waals surface area contributed by atoms with Gasteiger partial charge in [0.15, 0.2) is 5.75 Å². The van der Waals surface area contributed by atoms with E-state index in [4.69, 9.17) is 32.7 Å². The van der Waals surface area contributed by atoms with E-state index in [2.05, 4.69) is 13.8 Å². The van der Waals surface area contributed by atoms with Crippen molar-refractivity contribution in [2.45, 2.75) is 33.2 Å². The highest BCUT2D eigenvalue weighted by molar-refractivity contribution is 6.46. The molecule has 1 heterocycles. The lowest BCUT2D eigenvalue weighted by Crippen LogP contribution is -2.30. The molecule has 1 amide bonds. The van der Waals surface area contributed by atoms with E-state index < -0.39 is 17.7 Å². The second-order valence-corrected chi connectivity index (χ2v) is 9.05. The highest BCUT2D eigenvalue weighted by atomic mass is 35.5. The summed E-state index contributed by atoms with van der Waals surface area (Å²) in [6, 6.07) is 9.36. The van der Waals surface area contributed by atoms with Crippen molar-refractivity contribution in [2.24, 2.45) is 5.92 Å². The standard InChI is InChI=1S/C25H27Cl2NO5/c1-5-10-28-21(15-6-8-17(9-7-15)33-13-14(2)3)20(23(30)25(28)31)22(29)16-11-18(26)24(32-4)19(27)12-16/h6-9,11-12,14,21,29H,5,10,13H2,1-4H3/b22-20+. The lowest BCUT2D eigenvalue weighted by molar-refractivity contribution is -0.139. The molecule has 0 aliphatic carbocycles. The molecule has 0 aromatic heterocycles. The van der Waals surface area contributed by atoms with Gasteiger partial charge in [-0.25, -0.2) is 0 Å². The van der Waals surface area contributed by atoms with Crippen LogP contribution in [-0.4, -0.2) is 42.0 Å². The molecule has 2 aromatic carbocycles. The first-order chi connectivity index (χ1) is 15.7. The largest absolute Gasteiger partial charge is 0.507 e. The number of ether oxygens (including phenoxy) is 2. The van der Waals surface area contributed by atoms with Gasteiger partial charge in [-0.15, -0.1) is 0 Å². The summed E-state index contributed by atoms with van der Waals surface area (Å²) in [6.07, 6.45) is 0.652. The summed E-state index contributed by atoms with van der Waals surface area (Å²) in [4.78, 5) is 27.3. The Bertz CT molecular complexity index is 1060. The number of carbonyl (C=O) groups excluding carboxylic acids is 2. The number of hydrogen-bond donors (Lipinski definition) is 1. The molecule has 0 spiro atoms. The van der Waals surface area contributed by atoms with Crippen molar-refractivity contribution in [1.29, 1.82) is 0 Å². The first-order valence-corrected chi connectivity index (χ1v) is 11.5. The molecule has 1 fully saturated rings. The van der Waals surface area contributed by atoms with Crippen molar-refractivity contribution in [3.63, 3.8) is 0 Å². The number of carbonyl (C=O) groups is 2. The molecule has 1 aliphatic heterocycles. The number of hydrogen-bond acceptors (Lipinski definition) is 5. The fourth-order valence-electron chi connectivity index (χ4n) is 3.75. The van der Waals surface area contributed by atoms with Gasteiger partial charge in [-0.2, -0.15) is 0 Å². The third kappa shape index (κ3) is 5.12. The van der Waals surface area contributed by atoms with E-state index in [1.807, 2.05) is 6.92 Å². The summed E-state index contributed by atoms with van der Waals surface area (Å²) in [5, 5.41) is 11.5. The Kier molecular flexibility index (Phi) is 7.92. The number of Topliss-reactive ketones (excluding diaryl/α,β-unsaturated/α-hetero) is 1. The highest BCUT2D eigenvalue weighted by Gasteiger charge is 2.45. The number of methoxy groups -OCH3 is 1. The zero-order valence-corrected chi connectivity index (χ0v) is 20.5. The summed E-state index contributed by atoms with van der Waals surface area (Å²) in [5.41, 5.74) is 0.899. The summed E-state index contributed by atoms with van der Waals surface area (Å²) < 4.78 is 10.9. The first-order valence-electron chi connectivity index (χ1n) is 10.7. The Morgan fingerprint density at radius 3 is 2.24 bits per heavy atom. The topological polar surface area (TPSA) is 76.1 Å². The van der Waals surface area contributed by atoms with E-state index in [9.17, 15) is 14.7 Å². The van der Waals surface area contributed by atoms with Crippen LogP contribution in [0, 0.1) is 5.92 Å². The quantitative estimate of drug-likeness (QED) is 0.284. The molecule has 0 saturated carbocycles. The maximum absolute atomic E-state index is 13.0. The lowest BCUT2D eigenvalue weighted by atomic mass is 9.95. The number of ketones is 1. The number of nitrogens with zero attached hydrogens (tertiary/aromatic N) is 1. The molecular weight excluding hydrogens is 465 g/mol. The molecule has 2 aromatic rings. The summed E-state index contributed by atoms with van der Waals surface area (Å²) >= 11 is 12.5. The SMILES string of the molecule is CCCN1C(=O)C(=O)/C(=C(/O)c2cc(Cl)c(OC)c(Cl)c2)C1c1ccc(OCC(C)C)cc1. The van der Waals surface area contributed by atoms with Crippen LogP contribution in [0.25, 0.3) is 5.76 Å². The van der Waals surface area contributed by atoms with Gasteiger partial charge in [0.2, 0.25) is 0 Å². The minimum Gasteiger partial charge on any atom is -0.507 e. The Hall–Kier alpha value is -2.70. The van der Waals surface area contributed by atoms with Crippen molar-refractivity contribution in [3.05, 3.63) is 63.1 Å². The minimum atomic E-state index is -0.755. The Morgan fingerprint density at radius 1 is 1.12 bits per heavy atom. The van der Waals surface area contributed by atoms with E-state index in [0.29, 0.717) is 36.8 Å². The van der Waals surface area contributed by atoms with Crippen LogP contribution in [0.1, 0.15) is 44.4 Å². The molecule has 6 nitrogen and oxygen atoms in total. The zero-order chi connectivity index (χ0) is 24.3. The van der Waals surface area contributed by atoms with Gasteiger partial charge in [0.25, 0.3) is 11.7 Å². The number of aliphatic hydroxyl groups excluding tert-OH is 1. The van der Waals surface area contributed by atoms with Gasteiger partial charge in [0, 0.05) is 12.1 Å². The monoisotopic (exact) mass is 491 g/mol. The van der Waals surface area contributed by atoms with Crippen LogP contribution in [0.5, 0.6) is 11.5 Å². The van der Waals surface area contributed by atoms with Crippen LogP contribution < -0.4 is 9.47 Å². The van der Waals surface area contributed by atoms with E-state index in [1.54, 1.807) is 24.3 Å². The molecular formula is C25H27Cl2NO5.